The molecule has 0 saturated carbocycles. The lowest BCUT2D eigenvalue weighted by Crippen LogP contribution is -2.16. The molecule has 2 rings (SSSR count). The lowest BCUT2D eigenvalue weighted by Gasteiger charge is -1.95. The topological polar surface area (TPSA) is 47.2 Å². The van der Waals surface area contributed by atoms with Crippen molar-refractivity contribution in [2.75, 3.05) is 0 Å². The highest BCUT2D eigenvalue weighted by molar-refractivity contribution is 5.64. The van der Waals surface area contributed by atoms with Crippen molar-refractivity contribution in [1.29, 1.82) is 0 Å². The van der Waals surface area contributed by atoms with Crippen molar-refractivity contribution < 1.29 is 0 Å². The van der Waals surface area contributed by atoms with E-state index < -0.39 is 0 Å². The molecular formula is C6H5N3O. The van der Waals surface area contributed by atoms with Gasteiger partial charge < -0.3 is 0 Å². The number of aliphatic imine (C=N–C) groups is 1. The van der Waals surface area contributed by atoms with Crippen LogP contribution in [-0.2, 0) is 6.54 Å². The highest BCUT2D eigenvalue weighted by Crippen LogP contribution is 2.06. The molecule has 1 aromatic rings. The van der Waals surface area contributed by atoms with Crippen LogP contribution in [0, 0.1) is 0 Å². The first-order chi connectivity index (χ1) is 4.88. The average molecular weight is 135 g/mol. The molecular weight excluding hydrogens is 130 g/mol. The Bertz CT molecular complexity index is 339. The summed E-state index contributed by atoms with van der Waals surface area (Å²) in [5.41, 5.74) is -0.0394. The molecule has 1 aromatic heterocycles. The third-order valence-electron chi connectivity index (χ3n) is 1.39. The Balaban J connectivity index is 2.77. The predicted octanol–water partition coefficient (Wildman–Crippen LogP) is -0.0408. The summed E-state index contributed by atoms with van der Waals surface area (Å²) in [6.45, 7) is 0.558. The zero-order chi connectivity index (χ0) is 6.97. The first-order valence-corrected chi connectivity index (χ1v) is 2.96. The molecule has 0 radical (unpaired) electrons. The summed E-state index contributed by atoms with van der Waals surface area (Å²) in [5, 5.41) is 0. The van der Waals surface area contributed by atoms with E-state index in [2.05, 4.69) is 9.98 Å². The van der Waals surface area contributed by atoms with Gasteiger partial charge in [0.1, 0.15) is 0 Å². The third-order valence-corrected chi connectivity index (χ3v) is 1.39. The number of hydrogen-bond acceptors (Lipinski definition) is 3. The van der Waals surface area contributed by atoms with Gasteiger partial charge in [0.25, 0.3) is 5.56 Å². The van der Waals surface area contributed by atoms with Crippen LogP contribution in [0.4, 0.5) is 5.95 Å². The van der Waals surface area contributed by atoms with Crippen LogP contribution in [0.15, 0.2) is 22.1 Å². The number of nitrogens with zero attached hydrogens (tertiary/aromatic N) is 3. The summed E-state index contributed by atoms with van der Waals surface area (Å²) in [5.74, 6) is 0.507. The Morgan fingerprint density at radius 3 is 3.30 bits per heavy atom. The van der Waals surface area contributed by atoms with Gasteiger partial charge in [-0.15, -0.1) is 0 Å². The van der Waals surface area contributed by atoms with E-state index in [9.17, 15) is 4.79 Å². The van der Waals surface area contributed by atoms with Gasteiger partial charge in [-0.2, -0.15) is 0 Å². The number of hydrogen-bond donors (Lipinski definition) is 0. The highest BCUT2D eigenvalue weighted by Gasteiger charge is 2.05. The Hall–Kier alpha value is -1.45. The van der Waals surface area contributed by atoms with Gasteiger partial charge in [0.2, 0.25) is 5.95 Å². The molecule has 0 atom stereocenters. The maximum Gasteiger partial charge on any atom is 0.255 e. The van der Waals surface area contributed by atoms with Gasteiger partial charge in [-0.25, -0.2) is 9.98 Å². The van der Waals surface area contributed by atoms with Crippen LogP contribution in [0.5, 0.6) is 0 Å². The van der Waals surface area contributed by atoms with E-state index >= 15 is 0 Å². The number of rotatable bonds is 0. The van der Waals surface area contributed by atoms with Crippen LogP contribution in [-0.4, -0.2) is 15.8 Å². The molecule has 4 nitrogen and oxygen atoms in total. The maximum atomic E-state index is 11.0. The molecule has 0 N–H and O–H groups in total. The molecule has 1 aliphatic rings. The zero-order valence-electron chi connectivity index (χ0n) is 5.19. The quantitative estimate of drug-likeness (QED) is 0.501. The van der Waals surface area contributed by atoms with E-state index in [0.717, 1.165) is 0 Å². The van der Waals surface area contributed by atoms with E-state index in [-0.39, 0.29) is 5.56 Å². The Morgan fingerprint density at radius 1 is 1.60 bits per heavy atom. The van der Waals surface area contributed by atoms with E-state index in [1.165, 1.54) is 16.8 Å². The van der Waals surface area contributed by atoms with Gasteiger partial charge >= 0.3 is 0 Å². The molecule has 0 saturated heterocycles. The van der Waals surface area contributed by atoms with Crippen molar-refractivity contribution in [3.63, 3.8) is 0 Å². The smallest absolute Gasteiger partial charge is 0.255 e. The highest BCUT2D eigenvalue weighted by atomic mass is 16.1. The van der Waals surface area contributed by atoms with E-state index in [1.807, 2.05) is 0 Å². The van der Waals surface area contributed by atoms with Crippen LogP contribution >= 0.6 is 0 Å². The fraction of sp³-hybridized carbons (Fsp3) is 0.167. The van der Waals surface area contributed by atoms with Gasteiger partial charge in [-0.3, -0.25) is 9.36 Å². The second-order valence-corrected chi connectivity index (χ2v) is 2.01. The van der Waals surface area contributed by atoms with Gasteiger partial charge in [0, 0.05) is 18.5 Å². The minimum atomic E-state index is -0.0394. The Morgan fingerprint density at radius 2 is 2.50 bits per heavy atom. The van der Waals surface area contributed by atoms with Gasteiger partial charge in [-0.05, 0) is 0 Å². The molecule has 0 bridgehead atoms. The van der Waals surface area contributed by atoms with Crippen molar-refractivity contribution in [3.8, 4) is 0 Å². The van der Waals surface area contributed by atoms with E-state index in [4.69, 9.17) is 0 Å². The molecule has 10 heavy (non-hydrogen) atoms. The maximum absolute atomic E-state index is 11.0. The molecule has 0 amide bonds. The second kappa shape index (κ2) is 1.76. The van der Waals surface area contributed by atoms with Crippen LogP contribution in [0.2, 0.25) is 0 Å². The summed E-state index contributed by atoms with van der Waals surface area (Å²) in [7, 11) is 0. The van der Waals surface area contributed by atoms with Gasteiger partial charge in [0.05, 0.1) is 6.54 Å². The first kappa shape index (κ1) is 5.34. The van der Waals surface area contributed by atoms with Crippen LogP contribution in [0.3, 0.4) is 0 Å². The minimum absolute atomic E-state index is 0.0394. The molecule has 4 heteroatoms. The average Bonchev–Trinajstić information content (AvgIpc) is 2.36. The molecule has 0 spiro atoms. The van der Waals surface area contributed by atoms with E-state index in [0.29, 0.717) is 12.5 Å². The SMILES string of the molecule is O=c1ccnc2n1CC=N2. The van der Waals surface area contributed by atoms with Crippen molar-refractivity contribution in [3.05, 3.63) is 22.6 Å². The second-order valence-electron chi connectivity index (χ2n) is 2.01. The van der Waals surface area contributed by atoms with Crippen LogP contribution in [0.25, 0.3) is 0 Å². The lowest BCUT2D eigenvalue weighted by molar-refractivity contribution is 0.821. The molecule has 0 aromatic carbocycles. The summed E-state index contributed by atoms with van der Waals surface area (Å²) in [6.07, 6.45) is 3.14. The lowest BCUT2D eigenvalue weighted by atomic mass is 10.6. The number of aromatic nitrogens is 2. The summed E-state index contributed by atoms with van der Waals surface area (Å²) in [4.78, 5) is 18.7. The fourth-order valence-corrected chi connectivity index (χ4v) is 0.905. The molecule has 50 valence electrons. The number of fused-ring (bicyclic) bond motifs is 1. The van der Waals surface area contributed by atoms with Crippen molar-refractivity contribution in [1.82, 2.24) is 9.55 Å². The summed E-state index contributed by atoms with van der Waals surface area (Å²) in [6, 6.07) is 1.43. The van der Waals surface area contributed by atoms with Crippen molar-refractivity contribution in [2.45, 2.75) is 6.54 Å². The third kappa shape index (κ3) is 0.586. The fourth-order valence-electron chi connectivity index (χ4n) is 0.905. The molecule has 2 heterocycles. The zero-order valence-corrected chi connectivity index (χ0v) is 5.19. The standard InChI is InChI=1S/C6H5N3O/c10-5-1-2-7-6-8-3-4-9(5)6/h1-3H,4H2. The molecule has 0 unspecified atom stereocenters. The largest absolute Gasteiger partial charge is 0.272 e. The monoisotopic (exact) mass is 135 g/mol. The first-order valence-electron chi connectivity index (χ1n) is 2.96. The Kier molecular flexibility index (Phi) is 0.943. The Labute approximate surface area is 56.9 Å². The van der Waals surface area contributed by atoms with Crippen LogP contribution < -0.4 is 5.56 Å². The van der Waals surface area contributed by atoms with Crippen molar-refractivity contribution in [2.24, 2.45) is 4.99 Å². The summed E-state index contributed by atoms with van der Waals surface area (Å²) >= 11 is 0. The van der Waals surface area contributed by atoms with Gasteiger partial charge in [0.15, 0.2) is 0 Å². The van der Waals surface area contributed by atoms with Crippen molar-refractivity contribution >= 4 is 12.2 Å². The predicted molar refractivity (Wildman–Crippen MR) is 36.6 cm³/mol. The molecule has 1 aliphatic heterocycles. The molecule has 0 aliphatic carbocycles. The van der Waals surface area contributed by atoms with Gasteiger partial charge in [-0.1, -0.05) is 0 Å². The summed E-state index contributed by atoms with van der Waals surface area (Å²) < 4.78 is 1.51. The van der Waals surface area contributed by atoms with E-state index in [1.54, 1.807) is 6.21 Å². The normalized spacial score (nSPS) is 13.6. The minimum Gasteiger partial charge on any atom is -0.272 e. The van der Waals surface area contributed by atoms with Crippen LogP contribution in [0.1, 0.15) is 0 Å². The molecule has 0 fully saturated rings.